The third kappa shape index (κ3) is 3.95. The Morgan fingerprint density at radius 3 is 2.55 bits per heavy atom. The van der Waals surface area contributed by atoms with E-state index in [4.69, 9.17) is 9.84 Å². The van der Waals surface area contributed by atoms with Crippen LogP contribution in [-0.2, 0) is 11.4 Å². The first-order valence-corrected chi connectivity index (χ1v) is 6.02. The lowest BCUT2D eigenvalue weighted by atomic mass is 10.2. The fourth-order valence-electron chi connectivity index (χ4n) is 1.65. The molecule has 0 spiro atoms. The van der Waals surface area contributed by atoms with Crippen LogP contribution < -0.4 is 4.74 Å². The third-order valence-corrected chi connectivity index (χ3v) is 2.63. The summed E-state index contributed by atoms with van der Waals surface area (Å²) in [6.45, 7) is 0.290. The predicted molar refractivity (Wildman–Crippen MR) is 73.8 cm³/mol. The summed E-state index contributed by atoms with van der Waals surface area (Å²) in [5.74, 6) is -0.730. The van der Waals surface area contributed by atoms with Crippen molar-refractivity contribution < 1.29 is 19.0 Å². The Morgan fingerprint density at radius 1 is 1.15 bits per heavy atom. The van der Waals surface area contributed by atoms with E-state index in [1.54, 1.807) is 36.4 Å². The molecule has 2 aromatic carbocycles. The number of ether oxygens (including phenoxy) is 1. The lowest BCUT2D eigenvalue weighted by Crippen LogP contribution is -1.97. The molecule has 102 valence electrons. The maximum atomic E-state index is 12.8. The van der Waals surface area contributed by atoms with E-state index in [2.05, 4.69) is 0 Å². The number of hydrogen-bond donors (Lipinski definition) is 1. The normalized spacial score (nSPS) is 10.7. The summed E-state index contributed by atoms with van der Waals surface area (Å²) in [7, 11) is 0. The van der Waals surface area contributed by atoms with Gasteiger partial charge in [0.1, 0.15) is 18.2 Å². The minimum absolute atomic E-state index is 0.290. The second-order valence-electron chi connectivity index (χ2n) is 4.12. The molecule has 0 aromatic heterocycles. The molecule has 0 saturated heterocycles. The van der Waals surface area contributed by atoms with Gasteiger partial charge in [0.2, 0.25) is 0 Å². The zero-order valence-corrected chi connectivity index (χ0v) is 10.6. The zero-order chi connectivity index (χ0) is 14.4. The van der Waals surface area contributed by atoms with Crippen LogP contribution in [0.3, 0.4) is 0 Å². The minimum Gasteiger partial charge on any atom is -0.488 e. The molecule has 2 aromatic rings. The van der Waals surface area contributed by atoms with E-state index in [-0.39, 0.29) is 12.4 Å². The van der Waals surface area contributed by atoms with Crippen LogP contribution in [0.15, 0.2) is 54.6 Å². The van der Waals surface area contributed by atoms with Gasteiger partial charge in [0.25, 0.3) is 0 Å². The highest BCUT2D eigenvalue weighted by atomic mass is 19.1. The van der Waals surface area contributed by atoms with E-state index in [1.165, 1.54) is 18.2 Å². The van der Waals surface area contributed by atoms with Crippen LogP contribution >= 0.6 is 0 Å². The van der Waals surface area contributed by atoms with Crippen LogP contribution in [0.2, 0.25) is 0 Å². The fraction of sp³-hybridized carbons (Fsp3) is 0.0625. The van der Waals surface area contributed by atoms with Gasteiger partial charge in [-0.2, -0.15) is 0 Å². The molecule has 2 rings (SSSR count). The Kier molecular flexibility index (Phi) is 4.50. The summed E-state index contributed by atoms with van der Waals surface area (Å²) >= 11 is 0. The van der Waals surface area contributed by atoms with E-state index >= 15 is 0 Å². The molecule has 4 heteroatoms. The Balaban J connectivity index is 2.09. The molecule has 0 aliphatic carbocycles. The standard InChI is InChI=1S/C16H13FO3/c17-14-8-5-12(6-9-14)11-20-15-4-2-1-3-13(15)7-10-16(18)19/h1-10H,11H2,(H,18,19)/b10-7+. The number of rotatable bonds is 5. The fourth-order valence-corrected chi connectivity index (χ4v) is 1.65. The molecule has 0 amide bonds. The summed E-state index contributed by atoms with van der Waals surface area (Å²) in [5, 5.41) is 8.64. The van der Waals surface area contributed by atoms with E-state index in [1.807, 2.05) is 0 Å². The number of carboxylic acid groups (broad SMARTS) is 1. The van der Waals surface area contributed by atoms with Crippen molar-refractivity contribution in [1.29, 1.82) is 0 Å². The maximum absolute atomic E-state index is 12.8. The highest BCUT2D eigenvalue weighted by Crippen LogP contribution is 2.20. The molecule has 0 bridgehead atoms. The van der Waals surface area contributed by atoms with Crippen LogP contribution in [-0.4, -0.2) is 11.1 Å². The topological polar surface area (TPSA) is 46.5 Å². The number of carboxylic acids is 1. The number of aliphatic carboxylic acids is 1. The second kappa shape index (κ2) is 6.52. The first-order chi connectivity index (χ1) is 9.65. The molecule has 0 saturated carbocycles. The minimum atomic E-state index is -1.02. The average Bonchev–Trinajstić information content (AvgIpc) is 2.45. The molecular weight excluding hydrogens is 259 g/mol. The van der Waals surface area contributed by atoms with Gasteiger partial charge in [0, 0.05) is 11.6 Å². The number of halogens is 1. The van der Waals surface area contributed by atoms with Gasteiger partial charge in [0.05, 0.1) is 0 Å². The summed E-state index contributed by atoms with van der Waals surface area (Å²) in [5.41, 5.74) is 1.51. The first kappa shape index (κ1) is 13.8. The monoisotopic (exact) mass is 272 g/mol. The molecule has 0 fully saturated rings. The lowest BCUT2D eigenvalue weighted by Gasteiger charge is -2.09. The quantitative estimate of drug-likeness (QED) is 0.847. The van der Waals surface area contributed by atoms with Gasteiger partial charge < -0.3 is 9.84 Å². The lowest BCUT2D eigenvalue weighted by molar-refractivity contribution is -0.131. The Labute approximate surface area is 115 Å². The number of hydrogen-bond acceptors (Lipinski definition) is 2. The third-order valence-electron chi connectivity index (χ3n) is 2.63. The average molecular weight is 272 g/mol. The summed E-state index contributed by atoms with van der Waals surface area (Å²) < 4.78 is 18.4. The molecule has 3 nitrogen and oxygen atoms in total. The van der Waals surface area contributed by atoms with Crippen molar-refractivity contribution in [1.82, 2.24) is 0 Å². The number of para-hydroxylation sites is 1. The van der Waals surface area contributed by atoms with Crippen LogP contribution in [0, 0.1) is 5.82 Å². The van der Waals surface area contributed by atoms with Crippen LogP contribution in [0.1, 0.15) is 11.1 Å². The van der Waals surface area contributed by atoms with Crippen LogP contribution in [0.5, 0.6) is 5.75 Å². The first-order valence-electron chi connectivity index (χ1n) is 6.02. The van der Waals surface area contributed by atoms with Crippen molar-refractivity contribution in [3.8, 4) is 5.75 Å². The van der Waals surface area contributed by atoms with Crippen molar-refractivity contribution >= 4 is 12.0 Å². The second-order valence-corrected chi connectivity index (χ2v) is 4.12. The highest BCUT2D eigenvalue weighted by molar-refractivity contribution is 5.85. The van der Waals surface area contributed by atoms with Gasteiger partial charge >= 0.3 is 5.97 Å². The van der Waals surface area contributed by atoms with Gasteiger partial charge in [-0.05, 0) is 29.8 Å². The number of benzene rings is 2. The van der Waals surface area contributed by atoms with Gasteiger partial charge in [-0.1, -0.05) is 30.3 Å². The van der Waals surface area contributed by atoms with E-state index in [0.717, 1.165) is 11.6 Å². The van der Waals surface area contributed by atoms with Crippen LogP contribution in [0.4, 0.5) is 4.39 Å². The highest BCUT2D eigenvalue weighted by Gasteiger charge is 2.01. The summed E-state index contributed by atoms with van der Waals surface area (Å²) in [4.78, 5) is 10.5. The van der Waals surface area contributed by atoms with E-state index in [9.17, 15) is 9.18 Å². The molecule has 0 atom stereocenters. The van der Waals surface area contributed by atoms with Gasteiger partial charge in [-0.25, -0.2) is 9.18 Å². The van der Waals surface area contributed by atoms with Crippen molar-refractivity contribution in [3.05, 3.63) is 71.6 Å². The van der Waals surface area contributed by atoms with Crippen molar-refractivity contribution in [3.63, 3.8) is 0 Å². The SMILES string of the molecule is O=C(O)/C=C/c1ccccc1OCc1ccc(F)cc1. The van der Waals surface area contributed by atoms with Gasteiger partial charge in [-0.15, -0.1) is 0 Å². The molecule has 0 heterocycles. The number of carbonyl (C=O) groups is 1. The zero-order valence-electron chi connectivity index (χ0n) is 10.6. The van der Waals surface area contributed by atoms with Crippen LogP contribution in [0.25, 0.3) is 6.08 Å². The smallest absolute Gasteiger partial charge is 0.328 e. The maximum Gasteiger partial charge on any atom is 0.328 e. The van der Waals surface area contributed by atoms with Crippen molar-refractivity contribution in [2.24, 2.45) is 0 Å². The largest absolute Gasteiger partial charge is 0.488 e. The van der Waals surface area contributed by atoms with Crippen molar-refractivity contribution in [2.45, 2.75) is 6.61 Å². The Morgan fingerprint density at radius 2 is 1.85 bits per heavy atom. The van der Waals surface area contributed by atoms with Gasteiger partial charge in [0.15, 0.2) is 0 Å². The van der Waals surface area contributed by atoms with E-state index < -0.39 is 5.97 Å². The Bertz CT molecular complexity index is 618. The molecule has 0 aliphatic rings. The molecule has 0 unspecified atom stereocenters. The summed E-state index contributed by atoms with van der Waals surface area (Å²) in [6.07, 6.45) is 2.53. The Hall–Kier alpha value is -2.62. The predicted octanol–water partition coefficient (Wildman–Crippen LogP) is 3.50. The van der Waals surface area contributed by atoms with Gasteiger partial charge in [-0.3, -0.25) is 0 Å². The summed E-state index contributed by atoms with van der Waals surface area (Å²) in [6, 6.07) is 13.1. The van der Waals surface area contributed by atoms with E-state index in [0.29, 0.717) is 11.3 Å². The molecule has 0 aliphatic heterocycles. The van der Waals surface area contributed by atoms with Crippen molar-refractivity contribution in [2.75, 3.05) is 0 Å². The molecule has 1 N–H and O–H groups in total. The molecule has 20 heavy (non-hydrogen) atoms. The molecular formula is C16H13FO3. The molecule has 0 radical (unpaired) electrons.